The largest absolute Gasteiger partial charge is 0.461 e. The molecule has 1 fully saturated rings. The number of piperazine rings is 1. The Morgan fingerprint density at radius 1 is 0.974 bits per heavy atom. The molecule has 6 nitrogen and oxygen atoms in total. The lowest BCUT2D eigenvalue weighted by atomic mass is 9.96. The number of carbonyl (C=O) groups excluding carboxylic acids is 1. The number of esters is 1. The quantitative estimate of drug-likeness (QED) is 0.180. The molecule has 2 unspecified atom stereocenters. The molecule has 1 aliphatic heterocycles. The third kappa shape index (κ3) is 9.18. The van der Waals surface area contributed by atoms with Gasteiger partial charge in [-0.15, -0.1) is 0 Å². The second kappa shape index (κ2) is 14.1. The molecule has 2 aromatic carbocycles. The van der Waals surface area contributed by atoms with E-state index in [-0.39, 0.29) is 36.4 Å². The molecular weight excluding hydrogens is 516 g/mol. The fourth-order valence-electron chi connectivity index (χ4n) is 4.45. The number of rotatable bonds is 12. The first kappa shape index (κ1) is 30.8. The van der Waals surface area contributed by atoms with Crippen LogP contribution in [0.3, 0.4) is 0 Å². The van der Waals surface area contributed by atoms with E-state index in [1.54, 1.807) is 0 Å². The van der Waals surface area contributed by atoms with Crippen LogP contribution in [0.4, 0.5) is 0 Å². The molecule has 0 spiro atoms. The third-order valence-corrected chi connectivity index (χ3v) is 12.5. The van der Waals surface area contributed by atoms with Gasteiger partial charge in [-0.3, -0.25) is 9.80 Å². The summed E-state index contributed by atoms with van der Waals surface area (Å²) in [6.45, 7) is 18.3. The summed E-state index contributed by atoms with van der Waals surface area (Å²) in [5.74, 6) is -0.339. The molecule has 3 rings (SSSR count). The van der Waals surface area contributed by atoms with Crippen LogP contribution in [-0.2, 0) is 18.7 Å². The van der Waals surface area contributed by atoms with Crippen molar-refractivity contribution in [1.29, 1.82) is 0 Å². The normalized spacial score (nSPS) is 17.2. The van der Waals surface area contributed by atoms with Crippen molar-refractivity contribution < 1.29 is 18.7 Å². The van der Waals surface area contributed by atoms with Crippen LogP contribution >= 0.6 is 11.6 Å². The number of hydrogen-bond donors (Lipinski definition) is 0. The Morgan fingerprint density at radius 2 is 1.58 bits per heavy atom. The van der Waals surface area contributed by atoms with Gasteiger partial charge in [0.2, 0.25) is 0 Å². The minimum absolute atomic E-state index is 0.0283. The third-order valence-electron chi connectivity index (χ3n) is 7.63. The van der Waals surface area contributed by atoms with Crippen molar-refractivity contribution in [2.45, 2.75) is 58.0 Å². The average molecular weight is 561 g/mol. The average Bonchev–Trinajstić information content (AvgIpc) is 2.87. The standard InChI is InChI=1S/C30H45ClN2O4Si/c1-24(37-38(5,6)30(2,3)4)22-36-28(34)23-35-21-20-32-16-18-33(19-17-32)29(25-10-8-7-9-11-25)26-12-14-27(31)15-13-26/h7-15,24,29H,16-23H2,1-6H3. The Kier molecular flexibility index (Phi) is 11.4. The Balaban J connectivity index is 1.38. The highest BCUT2D eigenvalue weighted by Gasteiger charge is 2.38. The maximum Gasteiger partial charge on any atom is 0.332 e. The van der Waals surface area contributed by atoms with E-state index in [1.807, 2.05) is 19.1 Å². The van der Waals surface area contributed by atoms with Gasteiger partial charge in [-0.2, -0.15) is 0 Å². The molecule has 0 bridgehead atoms. The zero-order valence-corrected chi connectivity index (χ0v) is 25.7. The molecule has 0 aliphatic carbocycles. The van der Waals surface area contributed by atoms with Crippen LogP contribution < -0.4 is 0 Å². The van der Waals surface area contributed by atoms with Crippen molar-refractivity contribution in [3.63, 3.8) is 0 Å². The molecule has 0 aromatic heterocycles. The molecule has 2 aromatic rings. The van der Waals surface area contributed by atoms with Gasteiger partial charge in [-0.25, -0.2) is 4.79 Å². The van der Waals surface area contributed by atoms with Crippen LogP contribution in [0.2, 0.25) is 23.2 Å². The lowest BCUT2D eigenvalue weighted by Gasteiger charge is -2.39. The number of benzene rings is 2. The van der Waals surface area contributed by atoms with E-state index in [0.29, 0.717) is 6.61 Å². The van der Waals surface area contributed by atoms with Gasteiger partial charge in [0.05, 0.1) is 18.8 Å². The first-order valence-corrected chi connectivity index (χ1v) is 16.9. The van der Waals surface area contributed by atoms with Gasteiger partial charge in [0.1, 0.15) is 13.2 Å². The second-order valence-electron chi connectivity index (χ2n) is 11.7. The number of ether oxygens (including phenoxy) is 2. The molecule has 2 atom stereocenters. The summed E-state index contributed by atoms with van der Waals surface area (Å²) in [6.07, 6.45) is -0.122. The van der Waals surface area contributed by atoms with E-state index in [9.17, 15) is 4.79 Å². The second-order valence-corrected chi connectivity index (χ2v) is 16.9. The summed E-state index contributed by atoms with van der Waals surface area (Å²) in [6, 6.07) is 19.0. The summed E-state index contributed by atoms with van der Waals surface area (Å²) in [4.78, 5) is 17.1. The van der Waals surface area contributed by atoms with Crippen molar-refractivity contribution in [3.05, 3.63) is 70.7 Å². The van der Waals surface area contributed by atoms with E-state index in [2.05, 4.69) is 86.1 Å². The molecule has 0 saturated carbocycles. The highest BCUT2D eigenvalue weighted by Crippen LogP contribution is 2.37. The summed E-state index contributed by atoms with van der Waals surface area (Å²) in [5.41, 5.74) is 2.54. The molecule has 210 valence electrons. The van der Waals surface area contributed by atoms with Gasteiger partial charge in [0.15, 0.2) is 8.32 Å². The number of hydrogen-bond acceptors (Lipinski definition) is 6. The number of halogens is 1. The Hall–Kier alpha value is -1.74. The zero-order valence-electron chi connectivity index (χ0n) is 23.9. The molecule has 1 aliphatic rings. The van der Waals surface area contributed by atoms with E-state index < -0.39 is 8.32 Å². The van der Waals surface area contributed by atoms with Crippen LogP contribution in [0.25, 0.3) is 0 Å². The first-order chi connectivity index (χ1) is 18.0. The minimum atomic E-state index is -1.88. The zero-order chi connectivity index (χ0) is 27.8. The van der Waals surface area contributed by atoms with Gasteiger partial charge in [0, 0.05) is 37.7 Å². The van der Waals surface area contributed by atoms with Crippen molar-refractivity contribution in [2.24, 2.45) is 0 Å². The topological polar surface area (TPSA) is 51.2 Å². The predicted octanol–water partition coefficient (Wildman–Crippen LogP) is 6.02. The van der Waals surface area contributed by atoms with Crippen LogP contribution in [-0.4, -0.2) is 82.7 Å². The molecule has 0 radical (unpaired) electrons. The Labute approximate surface area is 235 Å². The predicted molar refractivity (Wildman–Crippen MR) is 157 cm³/mol. The van der Waals surface area contributed by atoms with E-state index in [0.717, 1.165) is 37.7 Å². The summed E-state index contributed by atoms with van der Waals surface area (Å²) < 4.78 is 17.3. The molecule has 0 N–H and O–H groups in total. The highest BCUT2D eigenvalue weighted by atomic mass is 35.5. The molecule has 38 heavy (non-hydrogen) atoms. The monoisotopic (exact) mass is 560 g/mol. The molecular formula is C30H45ClN2O4Si. The highest BCUT2D eigenvalue weighted by molar-refractivity contribution is 6.74. The molecule has 1 saturated heterocycles. The van der Waals surface area contributed by atoms with Crippen LogP contribution in [0.1, 0.15) is 44.9 Å². The van der Waals surface area contributed by atoms with E-state index >= 15 is 0 Å². The van der Waals surface area contributed by atoms with Gasteiger partial charge in [-0.05, 0) is 48.3 Å². The van der Waals surface area contributed by atoms with Crippen molar-refractivity contribution in [3.8, 4) is 0 Å². The number of nitrogens with zero attached hydrogens (tertiary/aromatic N) is 2. The lowest BCUT2D eigenvalue weighted by molar-refractivity contribution is -0.151. The SMILES string of the molecule is CC(COC(=O)COCCN1CCN(C(c2ccccc2)c2ccc(Cl)cc2)CC1)O[Si](C)(C)C(C)(C)C. The van der Waals surface area contributed by atoms with E-state index in [1.165, 1.54) is 11.1 Å². The summed E-state index contributed by atoms with van der Waals surface area (Å²) in [7, 11) is -1.88. The lowest BCUT2D eigenvalue weighted by Crippen LogP contribution is -2.48. The van der Waals surface area contributed by atoms with Crippen molar-refractivity contribution in [2.75, 3.05) is 52.5 Å². The Morgan fingerprint density at radius 3 is 2.18 bits per heavy atom. The number of carbonyl (C=O) groups is 1. The maximum atomic E-state index is 12.1. The van der Waals surface area contributed by atoms with Gasteiger partial charge in [0.25, 0.3) is 0 Å². The molecule has 1 heterocycles. The van der Waals surface area contributed by atoms with Crippen LogP contribution in [0.5, 0.6) is 0 Å². The van der Waals surface area contributed by atoms with Crippen molar-refractivity contribution in [1.82, 2.24) is 9.80 Å². The Bertz CT molecular complexity index is 990. The van der Waals surface area contributed by atoms with E-state index in [4.69, 9.17) is 25.5 Å². The van der Waals surface area contributed by atoms with Crippen molar-refractivity contribution >= 4 is 25.9 Å². The molecule has 8 heteroatoms. The maximum absolute atomic E-state index is 12.1. The first-order valence-electron chi connectivity index (χ1n) is 13.6. The van der Waals surface area contributed by atoms with Crippen LogP contribution in [0, 0.1) is 0 Å². The summed E-state index contributed by atoms with van der Waals surface area (Å²) >= 11 is 6.15. The summed E-state index contributed by atoms with van der Waals surface area (Å²) in [5, 5.41) is 0.876. The van der Waals surface area contributed by atoms with Crippen LogP contribution in [0.15, 0.2) is 54.6 Å². The van der Waals surface area contributed by atoms with Gasteiger partial charge in [-0.1, -0.05) is 74.8 Å². The molecule has 0 amide bonds. The fraction of sp³-hybridized carbons (Fsp3) is 0.567. The van der Waals surface area contributed by atoms with Gasteiger partial charge >= 0.3 is 5.97 Å². The minimum Gasteiger partial charge on any atom is -0.461 e. The van der Waals surface area contributed by atoms with Gasteiger partial charge < -0.3 is 13.9 Å². The fourth-order valence-corrected chi connectivity index (χ4v) is 6.01. The smallest absolute Gasteiger partial charge is 0.332 e.